The summed E-state index contributed by atoms with van der Waals surface area (Å²) < 4.78 is 31.4. The molecule has 0 saturated carbocycles. The van der Waals surface area contributed by atoms with Crippen LogP contribution in [0.2, 0.25) is 0 Å². The molecule has 1 aliphatic rings. The average Bonchev–Trinajstić information content (AvgIpc) is 2.83. The minimum Gasteiger partial charge on any atom is -0.467 e. The first-order chi connectivity index (χ1) is 16.7. The van der Waals surface area contributed by atoms with E-state index < -0.39 is 41.5 Å². The van der Waals surface area contributed by atoms with E-state index in [1.54, 1.807) is 24.3 Å². The van der Waals surface area contributed by atoms with Crippen LogP contribution >= 0.6 is 0 Å². The predicted octanol–water partition coefficient (Wildman–Crippen LogP) is 3.30. The lowest BCUT2D eigenvalue weighted by molar-refractivity contribution is -0.384. The topological polar surface area (TPSA) is 150 Å². The predicted molar refractivity (Wildman–Crippen MR) is 116 cm³/mol. The summed E-state index contributed by atoms with van der Waals surface area (Å²) >= 11 is 0. The molecule has 0 spiro atoms. The number of hydrogen-bond acceptors (Lipinski definition) is 11. The molecule has 186 valence electrons. The SMILES string of the molecule is COC(=O)C1CC(OC(C)=O)CC(Oc2ccc(COC(=O)Oc3ccc([N+](=O)[O-])cc3)cc2)O1. The van der Waals surface area contributed by atoms with Crippen LogP contribution in [-0.4, -0.2) is 48.6 Å². The fraction of sp³-hybridized carbons (Fsp3) is 0.348. The third-order valence-electron chi connectivity index (χ3n) is 4.84. The van der Waals surface area contributed by atoms with E-state index in [2.05, 4.69) is 0 Å². The summed E-state index contributed by atoms with van der Waals surface area (Å²) in [6, 6.07) is 11.5. The Balaban J connectivity index is 1.51. The summed E-state index contributed by atoms with van der Waals surface area (Å²) in [6.07, 6.45) is -2.93. The third kappa shape index (κ3) is 7.67. The van der Waals surface area contributed by atoms with Crippen LogP contribution in [0.5, 0.6) is 11.5 Å². The van der Waals surface area contributed by atoms with Gasteiger partial charge in [-0.05, 0) is 29.8 Å². The zero-order valence-corrected chi connectivity index (χ0v) is 18.9. The fourth-order valence-corrected chi connectivity index (χ4v) is 3.25. The van der Waals surface area contributed by atoms with E-state index in [0.29, 0.717) is 11.3 Å². The molecule has 3 atom stereocenters. The van der Waals surface area contributed by atoms with Crippen LogP contribution in [0.1, 0.15) is 25.3 Å². The molecule has 12 nitrogen and oxygen atoms in total. The van der Waals surface area contributed by atoms with Gasteiger partial charge in [-0.1, -0.05) is 12.1 Å². The van der Waals surface area contributed by atoms with Gasteiger partial charge >= 0.3 is 18.1 Å². The molecule has 2 aromatic carbocycles. The number of rotatable bonds is 8. The van der Waals surface area contributed by atoms with Gasteiger partial charge in [0.25, 0.3) is 5.69 Å². The van der Waals surface area contributed by atoms with Crippen molar-refractivity contribution in [2.24, 2.45) is 0 Å². The minimum atomic E-state index is -0.972. The molecule has 1 heterocycles. The second-order valence-corrected chi connectivity index (χ2v) is 7.43. The first kappa shape index (κ1) is 25.4. The molecule has 35 heavy (non-hydrogen) atoms. The molecular weight excluding hydrogens is 466 g/mol. The Kier molecular flexibility index (Phi) is 8.57. The Bertz CT molecular complexity index is 1050. The van der Waals surface area contributed by atoms with Gasteiger partial charge in [-0.15, -0.1) is 0 Å². The van der Waals surface area contributed by atoms with Crippen LogP contribution in [0.4, 0.5) is 10.5 Å². The second-order valence-electron chi connectivity index (χ2n) is 7.43. The summed E-state index contributed by atoms with van der Waals surface area (Å²) in [6.45, 7) is 1.19. The molecule has 0 bridgehead atoms. The Morgan fingerprint density at radius 3 is 2.29 bits per heavy atom. The maximum Gasteiger partial charge on any atom is 0.514 e. The van der Waals surface area contributed by atoms with Crippen LogP contribution in [0.15, 0.2) is 48.5 Å². The molecule has 1 fully saturated rings. The van der Waals surface area contributed by atoms with E-state index in [1.807, 2.05) is 0 Å². The molecule has 1 saturated heterocycles. The van der Waals surface area contributed by atoms with Gasteiger partial charge in [0, 0.05) is 31.9 Å². The summed E-state index contributed by atoms with van der Waals surface area (Å²) in [4.78, 5) is 45.2. The van der Waals surface area contributed by atoms with Gasteiger partial charge in [0.1, 0.15) is 24.2 Å². The van der Waals surface area contributed by atoms with E-state index in [-0.39, 0.29) is 30.9 Å². The molecule has 0 aliphatic carbocycles. The van der Waals surface area contributed by atoms with Crippen LogP contribution < -0.4 is 9.47 Å². The zero-order chi connectivity index (χ0) is 25.4. The van der Waals surface area contributed by atoms with E-state index in [0.717, 1.165) is 0 Å². The van der Waals surface area contributed by atoms with Crippen molar-refractivity contribution in [2.75, 3.05) is 7.11 Å². The number of nitro benzene ring substituents is 1. The lowest BCUT2D eigenvalue weighted by Crippen LogP contribution is -2.44. The smallest absolute Gasteiger partial charge is 0.467 e. The molecule has 12 heteroatoms. The second kappa shape index (κ2) is 11.8. The van der Waals surface area contributed by atoms with Crippen molar-refractivity contribution in [1.29, 1.82) is 0 Å². The summed E-state index contributed by atoms with van der Waals surface area (Å²) in [5, 5.41) is 10.7. The fourth-order valence-electron chi connectivity index (χ4n) is 3.25. The Labute approximate surface area is 199 Å². The Morgan fingerprint density at radius 2 is 1.69 bits per heavy atom. The molecule has 1 aliphatic heterocycles. The van der Waals surface area contributed by atoms with Crippen LogP contribution in [0.25, 0.3) is 0 Å². The number of benzene rings is 2. The number of methoxy groups -OCH3 is 1. The first-order valence-corrected chi connectivity index (χ1v) is 10.5. The maximum absolute atomic E-state index is 11.9. The van der Waals surface area contributed by atoms with Crippen molar-refractivity contribution in [2.45, 2.75) is 44.9 Å². The summed E-state index contributed by atoms with van der Waals surface area (Å²) in [7, 11) is 1.24. The van der Waals surface area contributed by atoms with Crippen LogP contribution in [0.3, 0.4) is 0 Å². The summed E-state index contributed by atoms with van der Waals surface area (Å²) in [5.74, 6) is -0.548. The highest BCUT2D eigenvalue weighted by molar-refractivity contribution is 5.74. The van der Waals surface area contributed by atoms with E-state index >= 15 is 0 Å². The van der Waals surface area contributed by atoms with Crippen LogP contribution in [-0.2, 0) is 35.1 Å². The molecule has 3 unspecified atom stereocenters. The standard InChI is InChI=1S/C23H23NO11/c1-14(25)32-19-11-20(22(26)30-2)35-21(12-19)33-17-7-3-15(4-8-17)13-31-23(27)34-18-9-5-16(6-10-18)24(28)29/h3-10,19-21H,11-13H2,1-2H3. The van der Waals surface area contributed by atoms with Crippen molar-refractivity contribution in [3.05, 3.63) is 64.2 Å². The van der Waals surface area contributed by atoms with Crippen molar-refractivity contribution >= 4 is 23.8 Å². The van der Waals surface area contributed by atoms with E-state index in [4.69, 9.17) is 28.4 Å². The molecular formula is C23H23NO11. The number of carbonyl (C=O) groups is 3. The van der Waals surface area contributed by atoms with Gasteiger partial charge in [-0.3, -0.25) is 14.9 Å². The third-order valence-corrected chi connectivity index (χ3v) is 4.84. The molecule has 0 aromatic heterocycles. The van der Waals surface area contributed by atoms with Crippen molar-refractivity contribution in [3.8, 4) is 11.5 Å². The molecule has 2 aromatic rings. The Morgan fingerprint density at radius 1 is 1.03 bits per heavy atom. The van der Waals surface area contributed by atoms with Gasteiger partial charge < -0.3 is 28.4 Å². The quantitative estimate of drug-likeness (QED) is 0.177. The van der Waals surface area contributed by atoms with Gasteiger partial charge in [0.15, 0.2) is 6.10 Å². The largest absolute Gasteiger partial charge is 0.514 e. The summed E-state index contributed by atoms with van der Waals surface area (Å²) in [5.41, 5.74) is 0.502. The van der Waals surface area contributed by atoms with Crippen LogP contribution in [0, 0.1) is 10.1 Å². The molecule has 0 N–H and O–H groups in total. The van der Waals surface area contributed by atoms with Crippen molar-refractivity contribution in [1.82, 2.24) is 0 Å². The maximum atomic E-state index is 11.9. The van der Waals surface area contributed by atoms with Crippen molar-refractivity contribution in [3.63, 3.8) is 0 Å². The molecule has 0 radical (unpaired) electrons. The number of nitro groups is 1. The molecule has 0 amide bonds. The zero-order valence-electron chi connectivity index (χ0n) is 18.9. The Hall–Kier alpha value is -4.19. The minimum absolute atomic E-state index is 0.0923. The number of non-ortho nitro benzene ring substituents is 1. The average molecular weight is 489 g/mol. The number of esters is 2. The van der Waals surface area contributed by atoms with E-state index in [9.17, 15) is 24.5 Å². The van der Waals surface area contributed by atoms with Gasteiger partial charge in [-0.2, -0.15) is 0 Å². The number of hydrogen-bond donors (Lipinski definition) is 0. The highest BCUT2D eigenvalue weighted by Gasteiger charge is 2.37. The van der Waals surface area contributed by atoms with Gasteiger partial charge in [-0.25, -0.2) is 9.59 Å². The van der Waals surface area contributed by atoms with Crippen molar-refractivity contribution < 1.29 is 47.7 Å². The first-order valence-electron chi connectivity index (χ1n) is 10.5. The number of nitrogens with zero attached hydrogens (tertiary/aromatic N) is 1. The lowest BCUT2D eigenvalue weighted by Gasteiger charge is -2.33. The normalized spacial score (nSPS) is 19.2. The lowest BCUT2D eigenvalue weighted by atomic mass is 10.0. The van der Waals surface area contributed by atoms with E-state index in [1.165, 1.54) is 38.3 Å². The number of ether oxygens (including phenoxy) is 6. The molecule has 3 rings (SSSR count). The monoisotopic (exact) mass is 489 g/mol. The van der Waals surface area contributed by atoms with Gasteiger partial charge in [0.05, 0.1) is 12.0 Å². The van der Waals surface area contributed by atoms with Gasteiger partial charge in [0.2, 0.25) is 6.29 Å². The highest BCUT2D eigenvalue weighted by Crippen LogP contribution is 2.26. The highest BCUT2D eigenvalue weighted by atomic mass is 16.7. The number of carbonyl (C=O) groups excluding carboxylic acids is 3.